The molecule has 0 bridgehead atoms. The third kappa shape index (κ3) is 6.27. The summed E-state index contributed by atoms with van der Waals surface area (Å²) in [4.78, 5) is 38.8. The normalized spacial score (nSPS) is 17.2. The molecule has 38 heavy (non-hydrogen) atoms. The van der Waals surface area contributed by atoms with Crippen molar-refractivity contribution in [3.63, 3.8) is 0 Å². The summed E-state index contributed by atoms with van der Waals surface area (Å²) in [6, 6.07) is 10.2. The number of ether oxygens (including phenoxy) is 3. The fourth-order valence-electron chi connectivity index (χ4n) is 3.49. The number of nitrogens with zero attached hydrogens (tertiary/aromatic N) is 1. The lowest BCUT2D eigenvalue weighted by molar-refractivity contribution is -0.126. The molecule has 1 aliphatic rings. The molecule has 1 atom stereocenters. The quantitative estimate of drug-likeness (QED) is 0.284. The van der Waals surface area contributed by atoms with E-state index in [4.69, 9.17) is 37.4 Å². The number of hydrogen-bond acceptors (Lipinski definition) is 9. The van der Waals surface area contributed by atoms with E-state index in [0.717, 1.165) is 0 Å². The second-order valence-electron chi connectivity index (χ2n) is 7.83. The van der Waals surface area contributed by atoms with E-state index in [-0.39, 0.29) is 54.0 Å². The Morgan fingerprint density at radius 3 is 2.45 bits per heavy atom. The van der Waals surface area contributed by atoms with Crippen molar-refractivity contribution in [2.45, 2.75) is 28.2 Å². The molecule has 2 aromatic rings. The van der Waals surface area contributed by atoms with E-state index >= 15 is 0 Å². The summed E-state index contributed by atoms with van der Waals surface area (Å²) in [5.41, 5.74) is 0.492. The number of amides is 3. The van der Waals surface area contributed by atoms with Crippen molar-refractivity contribution < 1.29 is 37.0 Å². The predicted molar refractivity (Wildman–Crippen MR) is 143 cm³/mol. The lowest BCUT2D eigenvalue weighted by atomic mass is 10.1. The summed E-state index contributed by atoms with van der Waals surface area (Å²) < 4.78 is 40.1. The van der Waals surface area contributed by atoms with Crippen molar-refractivity contribution in [1.29, 1.82) is 0 Å². The van der Waals surface area contributed by atoms with Gasteiger partial charge in [-0.3, -0.25) is 9.59 Å². The maximum Gasteiger partial charge on any atom is 0.424 e. The third-order valence-corrected chi connectivity index (χ3v) is 10.1. The Balaban J connectivity index is 1.91. The first-order chi connectivity index (χ1) is 18.1. The molecule has 9 nitrogen and oxygen atoms in total. The standard InChI is InChI=1S/C25H23Cl2NO8S2/c1-34-14-15-36-23(30)28-22(29)25(37-24(28)31,38(32,33)20-10-8-19(35-2)9-11-20)13-5-3-4-6-17-16-18(26)7-12-21(17)27/h7-12,16H,3,5,13-15H2,1-2H3. The molecular weight excluding hydrogens is 577 g/mol. The molecule has 3 rings (SSSR count). The van der Waals surface area contributed by atoms with Crippen LogP contribution in [0.1, 0.15) is 24.8 Å². The van der Waals surface area contributed by atoms with Gasteiger partial charge in [0.1, 0.15) is 12.4 Å². The summed E-state index contributed by atoms with van der Waals surface area (Å²) in [6.07, 6.45) is -1.29. The Morgan fingerprint density at radius 1 is 1.08 bits per heavy atom. The van der Waals surface area contributed by atoms with Gasteiger partial charge < -0.3 is 14.2 Å². The fourth-order valence-corrected chi connectivity index (χ4v) is 7.33. The van der Waals surface area contributed by atoms with E-state index in [1.807, 2.05) is 0 Å². The summed E-state index contributed by atoms with van der Waals surface area (Å²) in [6.45, 7) is -0.198. The highest BCUT2D eigenvalue weighted by Gasteiger charge is 2.63. The predicted octanol–water partition coefficient (Wildman–Crippen LogP) is 5.17. The van der Waals surface area contributed by atoms with Crippen molar-refractivity contribution in [2.24, 2.45) is 0 Å². The van der Waals surface area contributed by atoms with Crippen LogP contribution in [0.25, 0.3) is 0 Å². The van der Waals surface area contributed by atoms with Crippen molar-refractivity contribution in [3.8, 4) is 17.6 Å². The molecule has 1 heterocycles. The van der Waals surface area contributed by atoms with Gasteiger partial charge in [0.25, 0.3) is 11.1 Å². The number of thioether (sulfide) groups is 1. The number of hydrogen-bond donors (Lipinski definition) is 0. The van der Waals surface area contributed by atoms with Crippen LogP contribution in [-0.4, -0.2) is 62.1 Å². The molecule has 1 unspecified atom stereocenters. The number of sulfone groups is 1. The minimum Gasteiger partial charge on any atom is -0.497 e. The maximum atomic E-state index is 13.8. The van der Waals surface area contributed by atoms with Gasteiger partial charge in [0.2, 0.25) is 13.9 Å². The van der Waals surface area contributed by atoms with E-state index in [2.05, 4.69) is 11.8 Å². The zero-order valence-electron chi connectivity index (χ0n) is 20.4. The van der Waals surface area contributed by atoms with Gasteiger partial charge >= 0.3 is 6.09 Å². The zero-order chi connectivity index (χ0) is 27.9. The molecule has 3 amide bonds. The average Bonchev–Trinajstić information content (AvgIpc) is 3.16. The lowest BCUT2D eigenvalue weighted by Crippen LogP contribution is -2.47. The van der Waals surface area contributed by atoms with E-state index in [1.54, 1.807) is 18.2 Å². The minimum atomic E-state index is -4.47. The number of imide groups is 3. The number of rotatable bonds is 9. The highest BCUT2D eigenvalue weighted by Crippen LogP contribution is 2.48. The maximum absolute atomic E-state index is 13.8. The minimum absolute atomic E-state index is 0.0275. The largest absolute Gasteiger partial charge is 0.497 e. The topological polar surface area (TPSA) is 116 Å². The van der Waals surface area contributed by atoms with Crippen LogP contribution in [0.4, 0.5) is 9.59 Å². The Labute approximate surface area is 234 Å². The molecular formula is C25H23Cl2NO8S2. The van der Waals surface area contributed by atoms with Crippen LogP contribution >= 0.6 is 35.0 Å². The van der Waals surface area contributed by atoms with Crippen molar-refractivity contribution >= 4 is 62.0 Å². The SMILES string of the molecule is COCCOC(=O)N1C(=O)SC(CCCC#Cc2cc(Cl)ccc2Cl)(S(=O)(=O)c2ccc(OC)cc2)C1=O. The van der Waals surface area contributed by atoms with Crippen LogP contribution in [0.2, 0.25) is 10.0 Å². The number of halogens is 2. The fraction of sp³-hybridized carbons (Fsp3) is 0.320. The number of methoxy groups -OCH3 is 2. The second-order valence-corrected chi connectivity index (χ2v) is 12.4. The summed E-state index contributed by atoms with van der Waals surface area (Å²) in [5.74, 6) is 4.95. The molecule has 1 aliphatic heterocycles. The van der Waals surface area contributed by atoms with Gasteiger partial charge in [-0.25, -0.2) is 13.2 Å². The highest BCUT2D eigenvalue weighted by atomic mass is 35.5. The highest BCUT2D eigenvalue weighted by molar-refractivity contribution is 8.25. The van der Waals surface area contributed by atoms with Gasteiger partial charge in [-0.1, -0.05) is 35.0 Å². The Bertz CT molecular complexity index is 1390. The molecule has 0 spiro atoms. The monoisotopic (exact) mass is 599 g/mol. The van der Waals surface area contributed by atoms with Crippen molar-refractivity contribution in [1.82, 2.24) is 4.90 Å². The van der Waals surface area contributed by atoms with Gasteiger partial charge in [0.05, 0.1) is 23.6 Å². The van der Waals surface area contributed by atoms with Crippen LogP contribution in [0, 0.1) is 11.8 Å². The smallest absolute Gasteiger partial charge is 0.424 e. The number of unbranched alkanes of at least 4 members (excludes halogenated alkanes) is 1. The average molecular weight is 600 g/mol. The Morgan fingerprint density at radius 2 is 1.79 bits per heavy atom. The first kappa shape index (κ1) is 29.8. The molecule has 2 aromatic carbocycles. The third-order valence-electron chi connectivity index (χ3n) is 5.42. The second kappa shape index (κ2) is 12.9. The lowest BCUT2D eigenvalue weighted by Gasteiger charge is -2.25. The first-order valence-corrected chi connectivity index (χ1v) is 14.2. The van der Waals surface area contributed by atoms with E-state index in [1.165, 1.54) is 38.5 Å². The molecule has 0 N–H and O–H groups in total. The van der Waals surface area contributed by atoms with E-state index < -0.39 is 31.2 Å². The summed E-state index contributed by atoms with van der Waals surface area (Å²) >= 11 is 12.4. The van der Waals surface area contributed by atoms with Crippen molar-refractivity contribution in [2.75, 3.05) is 27.4 Å². The van der Waals surface area contributed by atoms with Crippen LogP contribution in [0.15, 0.2) is 47.4 Å². The van der Waals surface area contributed by atoms with Crippen LogP contribution < -0.4 is 4.74 Å². The molecule has 0 radical (unpaired) electrons. The van der Waals surface area contributed by atoms with Gasteiger partial charge in [0.15, 0.2) is 0 Å². The number of benzene rings is 2. The zero-order valence-corrected chi connectivity index (χ0v) is 23.5. The van der Waals surface area contributed by atoms with Gasteiger partial charge in [-0.15, -0.1) is 0 Å². The first-order valence-electron chi connectivity index (χ1n) is 11.1. The Kier molecular flexibility index (Phi) is 10.1. The summed E-state index contributed by atoms with van der Waals surface area (Å²) in [7, 11) is -1.67. The van der Waals surface area contributed by atoms with E-state index in [9.17, 15) is 22.8 Å². The van der Waals surface area contributed by atoms with Crippen LogP contribution in [0.5, 0.6) is 5.75 Å². The van der Waals surface area contributed by atoms with Crippen LogP contribution in [0.3, 0.4) is 0 Å². The summed E-state index contributed by atoms with van der Waals surface area (Å²) in [5, 5.41) is -0.200. The number of carbonyl (C=O) groups excluding carboxylic acids is 3. The number of carbonyl (C=O) groups is 3. The molecule has 202 valence electrons. The molecule has 0 aliphatic carbocycles. The Hall–Kier alpha value is -2.75. The van der Waals surface area contributed by atoms with Gasteiger partial charge in [-0.2, -0.15) is 4.90 Å². The van der Waals surface area contributed by atoms with Gasteiger partial charge in [0, 0.05) is 24.1 Å². The molecule has 0 aromatic heterocycles. The molecule has 1 fully saturated rings. The van der Waals surface area contributed by atoms with Gasteiger partial charge in [-0.05, 0) is 67.1 Å². The molecule has 13 heteroatoms. The molecule has 0 saturated carbocycles. The van der Waals surface area contributed by atoms with E-state index in [0.29, 0.717) is 21.4 Å². The molecule has 1 saturated heterocycles. The van der Waals surface area contributed by atoms with Crippen LogP contribution in [-0.2, 0) is 24.1 Å². The van der Waals surface area contributed by atoms with Crippen molar-refractivity contribution in [3.05, 3.63) is 58.1 Å².